The highest BCUT2D eigenvalue weighted by molar-refractivity contribution is 5.67. The number of nitrogens with zero attached hydrogens (tertiary/aromatic N) is 1. The average Bonchev–Trinajstić information content (AvgIpc) is 2.07. The summed E-state index contributed by atoms with van der Waals surface area (Å²) in [5.74, 6) is -1.08. The molecular formula is C9H15NO4. The molecule has 1 aliphatic rings. The largest absolute Gasteiger partial charge is 0.481 e. The summed E-state index contributed by atoms with van der Waals surface area (Å²) in [5.41, 5.74) is 0. The van der Waals surface area contributed by atoms with Gasteiger partial charge in [-0.2, -0.15) is 0 Å². The summed E-state index contributed by atoms with van der Waals surface area (Å²) in [6, 6.07) is -0.658. The summed E-state index contributed by atoms with van der Waals surface area (Å²) >= 11 is 0. The first-order chi connectivity index (χ1) is 6.52. The summed E-state index contributed by atoms with van der Waals surface area (Å²) in [5, 5.41) is 19.4. The molecule has 14 heavy (non-hydrogen) atoms. The Hall–Kier alpha value is -1.13. The van der Waals surface area contributed by atoms with Gasteiger partial charge in [-0.25, -0.2) is 0 Å². The third-order valence-electron chi connectivity index (χ3n) is 3.07. The van der Waals surface area contributed by atoms with Gasteiger partial charge in [0.25, 0.3) is 0 Å². The number of rotatable bonds is 3. The fourth-order valence-corrected chi connectivity index (χ4v) is 2.26. The van der Waals surface area contributed by atoms with Crippen LogP contribution in [0.15, 0.2) is 0 Å². The summed E-state index contributed by atoms with van der Waals surface area (Å²) in [6.45, 7) is 1.91. The van der Waals surface area contributed by atoms with Gasteiger partial charge < -0.3 is 5.11 Å². The molecule has 0 bridgehead atoms. The third-order valence-corrected chi connectivity index (χ3v) is 3.07. The molecule has 80 valence electrons. The van der Waals surface area contributed by atoms with Gasteiger partial charge in [-0.15, -0.1) is 0 Å². The zero-order valence-electron chi connectivity index (χ0n) is 8.18. The maximum atomic E-state index is 10.7. The number of hydrogen-bond acceptors (Lipinski definition) is 3. The highest BCUT2D eigenvalue weighted by Gasteiger charge is 2.39. The van der Waals surface area contributed by atoms with Gasteiger partial charge in [-0.3, -0.25) is 14.9 Å². The summed E-state index contributed by atoms with van der Waals surface area (Å²) in [4.78, 5) is 20.9. The molecule has 3 atom stereocenters. The molecule has 1 fully saturated rings. The van der Waals surface area contributed by atoms with E-state index in [1.807, 2.05) is 6.92 Å². The van der Waals surface area contributed by atoms with E-state index in [2.05, 4.69) is 0 Å². The maximum Gasteiger partial charge on any atom is 0.303 e. The van der Waals surface area contributed by atoms with E-state index in [1.54, 1.807) is 0 Å². The highest BCUT2D eigenvalue weighted by Crippen LogP contribution is 2.33. The van der Waals surface area contributed by atoms with Crippen molar-refractivity contribution in [2.75, 3.05) is 0 Å². The van der Waals surface area contributed by atoms with Gasteiger partial charge in [0, 0.05) is 17.3 Å². The zero-order chi connectivity index (χ0) is 10.7. The second-order valence-corrected chi connectivity index (χ2v) is 4.02. The van der Waals surface area contributed by atoms with E-state index in [-0.39, 0.29) is 23.2 Å². The van der Waals surface area contributed by atoms with Gasteiger partial charge in [0.15, 0.2) is 0 Å². The van der Waals surface area contributed by atoms with Crippen molar-refractivity contribution in [2.24, 2.45) is 11.8 Å². The first-order valence-electron chi connectivity index (χ1n) is 4.87. The van der Waals surface area contributed by atoms with E-state index in [0.29, 0.717) is 6.42 Å². The Morgan fingerprint density at radius 2 is 2.21 bits per heavy atom. The minimum atomic E-state index is -0.935. The summed E-state index contributed by atoms with van der Waals surface area (Å²) in [7, 11) is 0. The van der Waals surface area contributed by atoms with Crippen LogP contribution in [0.2, 0.25) is 0 Å². The minimum absolute atomic E-state index is 0.0766. The van der Waals surface area contributed by atoms with Gasteiger partial charge in [0.1, 0.15) is 0 Å². The molecule has 0 radical (unpaired) electrons. The van der Waals surface area contributed by atoms with Crippen LogP contribution in [0.1, 0.15) is 32.6 Å². The lowest BCUT2D eigenvalue weighted by molar-refractivity contribution is -0.537. The smallest absolute Gasteiger partial charge is 0.303 e. The second kappa shape index (κ2) is 4.39. The predicted molar refractivity (Wildman–Crippen MR) is 49.5 cm³/mol. The molecular weight excluding hydrogens is 186 g/mol. The van der Waals surface area contributed by atoms with Crippen molar-refractivity contribution in [1.82, 2.24) is 0 Å². The molecule has 1 saturated carbocycles. The Bertz CT molecular complexity index is 241. The van der Waals surface area contributed by atoms with Crippen molar-refractivity contribution >= 4 is 5.97 Å². The van der Waals surface area contributed by atoms with Crippen LogP contribution in [0.5, 0.6) is 0 Å². The van der Waals surface area contributed by atoms with Crippen LogP contribution in [0.4, 0.5) is 0 Å². The molecule has 0 amide bonds. The molecule has 5 heteroatoms. The molecule has 1 aliphatic carbocycles. The average molecular weight is 201 g/mol. The molecule has 1 N–H and O–H groups in total. The van der Waals surface area contributed by atoms with Crippen LogP contribution in [-0.4, -0.2) is 22.0 Å². The summed E-state index contributed by atoms with van der Waals surface area (Å²) in [6.07, 6.45) is 2.19. The maximum absolute atomic E-state index is 10.7. The van der Waals surface area contributed by atoms with Gasteiger partial charge in [0.2, 0.25) is 6.04 Å². The van der Waals surface area contributed by atoms with E-state index >= 15 is 0 Å². The lowest BCUT2D eigenvalue weighted by Crippen LogP contribution is -2.38. The molecule has 5 nitrogen and oxygen atoms in total. The number of hydrogen-bond donors (Lipinski definition) is 1. The van der Waals surface area contributed by atoms with E-state index in [4.69, 9.17) is 5.11 Å². The second-order valence-electron chi connectivity index (χ2n) is 4.02. The molecule has 0 spiro atoms. The molecule has 0 saturated heterocycles. The van der Waals surface area contributed by atoms with Crippen LogP contribution < -0.4 is 0 Å². The van der Waals surface area contributed by atoms with E-state index in [9.17, 15) is 14.9 Å². The van der Waals surface area contributed by atoms with Crippen LogP contribution in [0.3, 0.4) is 0 Å². The first kappa shape index (κ1) is 10.9. The topological polar surface area (TPSA) is 80.4 Å². The van der Waals surface area contributed by atoms with Gasteiger partial charge in [-0.1, -0.05) is 6.92 Å². The van der Waals surface area contributed by atoms with Crippen molar-refractivity contribution < 1.29 is 14.8 Å². The molecule has 0 aromatic carbocycles. The lowest BCUT2D eigenvalue weighted by Gasteiger charge is -2.29. The van der Waals surface area contributed by atoms with Crippen LogP contribution in [0, 0.1) is 22.0 Å². The SMILES string of the molecule is C[C@H]1CCC[C@H]([N+](=O)[O-])[C@@H]1CC(=O)O. The van der Waals surface area contributed by atoms with Crippen LogP contribution in [-0.2, 0) is 4.79 Å². The standard InChI is InChI=1S/C9H15NO4/c1-6-3-2-4-8(10(13)14)7(6)5-9(11)12/h6-8H,2-5H2,1H3,(H,11,12)/t6-,7+,8-/m0/s1. The third kappa shape index (κ3) is 2.43. The van der Waals surface area contributed by atoms with E-state index in [1.165, 1.54) is 0 Å². The Morgan fingerprint density at radius 1 is 1.57 bits per heavy atom. The Kier molecular flexibility index (Phi) is 3.43. The zero-order valence-corrected chi connectivity index (χ0v) is 8.18. The molecule has 0 aromatic heterocycles. The van der Waals surface area contributed by atoms with Gasteiger partial charge >= 0.3 is 5.97 Å². The Labute approximate surface area is 82.3 Å². The van der Waals surface area contributed by atoms with E-state index < -0.39 is 12.0 Å². The van der Waals surface area contributed by atoms with Crippen LogP contribution in [0.25, 0.3) is 0 Å². The van der Waals surface area contributed by atoms with Gasteiger partial charge in [-0.05, 0) is 18.8 Å². The first-order valence-corrected chi connectivity index (χ1v) is 4.87. The predicted octanol–water partition coefficient (Wildman–Crippen LogP) is 1.54. The summed E-state index contributed by atoms with van der Waals surface area (Å²) < 4.78 is 0. The van der Waals surface area contributed by atoms with Crippen molar-refractivity contribution in [3.8, 4) is 0 Å². The number of carboxylic acid groups (broad SMARTS) is 1. The number of carboxylic acids is 1. The molecule has 0 heterocycles. The molecule has 0 aromatic rings. The normalized spacial score (nSPS) is 32.5. The quantitative estimate of drug-likeness (QED) is 0.554. The lowest BCUT2D eigenvalue weighted by atomic mass is 9.75. The molecule has 0 unspecified atom stereocenters. The monoisotopic (exact) mass is 201 g/mol. The number of aliphatic carboxylic acids is 1. The fourth-order valence-electron chi connectivity index (χ4n) is 2.26. The highest BCUT2D eigenvalue weighted by atomic mass is 16.6. The van der Waals surface area contributed by atoms with Crippen molar-refractivity contribution in [1.29, 1.82) is 0 Å². The fraction of sp³-hybridized carbons (Fsp3) is 0.889. The molecule has 0 aliphatic heterocycles. The van der Waals surface area contributed by atoms with Crippen molar-refractivity contribution in [3.05, 3.63) is 10.1 Å². The number of carbonyl (C=O) groups is 1. The number of nitro groups is 1. The van der Waals surface area contributed by atoms with E-state index in [0.717, 1.165) is 12.8 Å². The molecule has 1 rings (SSSR count). The Balaban J connectivity index is 2.70. The van der Waals surface area contributed by atoms with Crippen molar-refractivity contribution in [2.45, 2.75) is 38.6 Å². The Morgan fingerprint density at radius 3 is 2.71 bits per heavy atom. The minimum Gasteiger partial charge on any atom is -0.481 e. The van der Waals surface area contributed by atoms with Crippen LogP contribution >= 0.6 is 0 Å². The van der Waals surface area contributed by atoms with Gasteiger partial charge in [0.05, 0.1) is 6.42 Å². The van der Waals surface area contributed by atoms with Crippen molar-refractivity contribution in [3.63, 3.8) is 0 Å².